The number of carbonyl (C=O) groups excluding carboxylic acids is 2. The maximum atomic E-state index is 12.1. The predicted molar refractivity (Wildman–Crippen MR) is 75.3 cm³/mol. The molecule has 2 aliphatic rings. The first-order valence-electron chi connectivity index (χ1n) is 7.48. The zero-order valence-electron chi connectivity index (χ0n) is 12.3. The minimum absolute atomic E-state index is 0.0854. The second-order valence-electron chi connectivity index (χ2n) is 5.61. The van der Waals surface area contributed by atoms with E-state index in [2.05, 4.69) is 0 Å². The van der Waals surface area contributed by atoms with Crippen molar-refractivity contribution >= 4 is 11.8 Å². The number of amides is 2. The molecule has 2 saturated heterocycles. The third-order valence-corrected chi connectivity index (χ3v) is 3.88. The van der Waals surface area contributed by atoms with Crippen molar-refractivity contribution in [2.24, 2.45) is 0 Å². The fraction of sp³-hybridized carbons (Fsp3) is 0.857. The molecular weight excluding hydrogens is 258 g/mol. The van der Waals surface area contributed by atoms with Gasteiger partial charge in [-0.05, 0) is 26.3 Å². The lowest BCUT2D eigenvalue weighted by atomic mass is 10.1. The van der Waals surface area contributed by atoms with Crippen LogP contribution in [-0.4, -0.2) is 86.0 Å². The number of ether oxygens (including phenoxy) is 1. The van der Waals surface area contributed by atoms with Gasteiger partial charge in [0.15, 0.2) is 0 Å². The molecule has 20 heavy (non-hydrogen) atoms. The van der Waals surface area contributed by atoms with Gasteiger partial charge in [0, 0.05) is 26.2 Å². The van der Waals surface area contributed by atoms with Crippen molar-refractivity contribution in [3.63, 3.8) is 0 Å². The first-order valence-corrected chi connectivity index (χ1v) is 7.48. The predicted octanol–water partition coefficient (Wildman–Crippen LogP) is -0.210. The van der Waals surface area contributed by atoms with Gasteiger partial charge in [-0.2, -0.15) is 0 Å². The highest BCUT2D eigenvalue weighted by atomic mass is 16.5. The molecule has 0 aromatic carbocycles. The summed E-state index contributed by atoms with van der Waals surface area (Å²) in [5.41, 5.74) is 0. The zero-order valence-corrected chi connectivity index (χ0v) is 12.3. The standard InChI is InChI=1S/C14H25N3O3/c1-15(11-13(18)16-5-3-2-4-6-16)12-14(19)17-7-9-20-10-8-17/h2-12H2,1H3. The maximum Gasteiger partial charge on any atom is 0.236 e. The fourth-order valence-corrected chi connectivity index (χ4v) is 2.67. The van der Waals surface area contributed by atoms with E-state index in [-0.39, 0.29) is 11.8 Å². The normalized spacial score (nSPS) is 20.3. The topological polar surface area (TPSA) is 53.1 Å². The summed E-state index contributed by atoms with van der Waals surface area (Å²) in [5, 5.41) is 0. The van der Waals surface area contributed by atoms with Crippen LogP contribution in [0.5, 0.6) is 0 Å². The Hall–Kier alpha value is -1.14. The van der Waals surface area contributed by atoms with E-state index in [1.807, 2.05) is 21.7 Å². The van der Waals surface area contributed by atoms with Crippen LogP contribution in [0.3, 0.4) is 0 Å². The largest absolute Gasteiger partial charge is 0.378 e. The number of rotatable bonds is 4. The Kier molecular flexibility index (Phi) is 5.79. The summed E-state index contributed by atoms with van der Waals surface area (Å²) in [6.45, 7) is 4.91. The van der Waals surface area contributed by atoms with Gasteiger partial charge >= 0.3 is 0 Å². The average molecular weight is 283 g/mol. The van der Waals surface area contributed by atoms with Gasteiger partial charge in [0.05, 0.1) is 26.3 Å². The molecule has 0 aromatic rings. The monoisotopic (exact) mass is 283 g/mol. The van der Waals surface area contributed by atoms with Crippen LogP contribution < -0.4 is 0 Å². The van der Waals surface area contributed by atoms with Gasteiger partial charge in [-0.1, -0.05) is 0 Å². The van der Waals surface area contributed by atoms with Gasteiger partial charge in [0.1, 0.15) is 0 Å². The number of morpholine rings is 1. The van der Waals surface area contributed by atoms with Crippen molar-refractivity contribution in [2.75, 3.05) is 59.5 Å². The number of hydrogen-bond acceptors (Lipinski definition) is 4. The smallest absolute Gasteiger partial charge is 0.236 e. The van der Waals surface area contributed by atoms with E-state index in [1.165, 1.54) is 6.42 Å². The van der Waals surface area contributed by atoms with Crippen LogP contribution in [0.4, 0.5) is 0 Å². The summed E-state index contributed by atoms with van der Waals surface area (Å²) in [5.74, 6) is 0.226. The van der Waals surface area contributed by atoms with Gasteiger partial charge in [0.25, 0.3) is 0 Å². The van der Waals surface area contributed by atoms with Crippen molar-refractivity contribution < 1.29 is 14.3 Å². The van der Waals surface area contributed by atoms with Gasteiger partial charge in [0.2, 0.25) is 11.8 Å². The van der Waals surface area contributed by atoms with Crippen LogP contribution in [0, 0.1) is 0 Å². The molecule has 2 fully saturated rings. The second kappa shape index (κ2) is 7.59. The number of likely N-dealkylation sites (N-methyl/N-ethyl adjacent to an activating group) is 1. The Bertz CT molecular complexity index is 305. The summed E-state index contributed by atoms with van der Waals surface area (Å²) in [6, 6.07) is 0. The molecule has 2 amide bonds. The van der Waals surface area contributed by atoms with E-state index < -0.39 is 0 Å². The van der Waals surface area contributed by atoms with Crippen molar-refractivity contribution in [3.05, 3.63) is 0 Å². The summed E-state index contributed by atoms with van der Waals surface area (Å²) >= 11 is 0. The lowest BCUT2D eigenvalue weighted by Gasteiger charge is -2.30. The average Bonchev–Trinajstić information content (AvgIpc) is 2.49. The van der Waals surface area contributed by atoms with Crippen LogP contribution in [0.25, 0.3) is 0 Å². The molecule has 6 heteroatoms. The highest BCUT2D eigenvalue weighted by Crippen LogP contribution is 2.09. The number of piperidine rings is 1. The van der Waals surface area contributed by atoms with Gasteiger partial charge in [-0.25, -0.2) is 0 Å². The molecule has 0 unspecified atom stereocenters. The Labute approximate surface area is 120 Å². The molecule has 0 saturated carbocycles. The first-order chi connectivity index (χ1) is 9.66. The van der Waals surface area contributed by atoms with Crippen molar-refractivity contribution in [1.82, 2.24) is 14.7 Å². The molecule has 0 atom stereocenters. The van der Waals surface area contributed by atoms with Gasteiger partial charge < -0.3 is 14.5 Å². The van der Waals surface area contributed by atoms with E-state index in [9.17, 15) is 9.59 Å². The summed E-state index contributed by atoms with van der Waals surface area (Å²) in [6.07, 6.45) is 3.42. The first kappa shape index (κ1) is 15.3. The van der Waals surface area contributed by atoms with Crippen LogP contribution in [0.1, 0.15) is 19.3 Å². The molecule has 2 aliphatic heterocycles. The molecule has 2 rings (SSSR count). The van der Waals surface area contributed by atoms with Gasteiger partial charge in [-0.3, -0.25) is 14.5 Å². The number of hydrogen-bond donors (Lipinski definition) is 0. The highest BCUT2D eigenvalue weighted by molar-refractivity contribution is 5.81. The Morgan fingerprint density at radius 3 is 1.95 bits per heavy atom. The third-order valence-electron chi connectivity index (χ3n) is 3.88. The van der Waals surface area contributed by atoms with E-state index in [0.717, 1.165) is 25.9 Å². The van der Waals surface area contributed by atoms with E-state index in [0.29, 0.717) is 39.4 Å². The van der Waals surface area contributed by atoms with Crippen molar-refractivity contribution in [1.29, 1.82) is 0 Å². The molecule has 0 radical (unpaired) electrons. The number of likely N-dealkylation sites (tertiary alicyclic amines) is 1. The summed E-state index contributed by atoms with van der Waals surface area (Å²) < 4.78 is 5.23. The lowest BCUT2D eigenvalue weighted by molar-refractivity contribution is -0.138. The minimum atomic E-state index is 0.0854. The molecule has 0 N–H and O–H groups in total. The SMILES string of the molecule is CN(CC(=O)N1CCCCC1)CC(=O)N1CCOCC1. The fourth-order valence-electron chi connectivity index (χ4n) is 2.67. The van der Waals surface area contributed by atoms with Crippen LogP contribution in [0.15, 0.2) is 0 Å². The van der Waals surface area contributed by atoms with Crippen LogP contribution in [-0.2, 0) is 14.3 Å². The van der Waals surface area contributed by atoms with E-state index in [1.54, 1.807) is 0 Å². The molecule has 0 spiro atoms. The summed E-state index contributed by atoms with van der Waals surface area (Å²) in [4.78, 5) is 29.7. The Morgan fingerprint density at radius 2 is 1.40 bits per heavy atom. The number of carbonyl (C=O) groups is 2. The molecule has 0 aromatic heterocycles. The zero-order chi connectivity index (χ0) is 14.4. The quantitative estimate of drug-likeness (QED) is 0.716. The molecular formula is C14H25N3O3. The molecule has 0 bridgehead atoms. The Morgan fingerprint density at radius 1 is 0.900 bits per heavy atom. The molecule has 114 valence electrons. The highest BCUT2D eigenvalue weighted by Gasteiger charge is 2.21. The summed E-state index contributed by atoms with van der Waals surface area (Å²) in [7, 11) is 1.83. The van der Waals surface area contributed by atoms with E-state index >= 15 is 0 Å². The minimum Gasteiger partial charge on any atom is -0.378 e. The maximum absolute atomic E-state index is 12.1. The second-order valence-corrected chi connectivity index (χ2v) is 5.61. The van der Waals surface area contributed by atoms with Gasteiger partial charge in [-0.15, -0.1) is 0 Å². The van der Waals surface area contributed by atoms with E-state index in [4.69, 9.17) is 4.74 Å². The number of nitrogens with zero attached hydrogens (tertiary/aromatic N) is 3. The Balaban J connectivity index is 1.72. The van der Waals surface area contributed by atoms with Crippen LogP contribution >= 0.6 is 0 Å². The molecule has 2 heterocycles. The van der Waals surface area contributed by atoms with Crippen molar-refractivity contribution in [2.45, 2.75) is 19.3 Å². The lowest BCUT2D eigenvalue weighted by Crippen LogP contribution is -2.47. The molecule has 0 aliphatic carbocycles. The third kappa shape index (κ3) is 4.45. The molecule has 6 nitrogen and oxygen atoms in total. The van der Waals surface area contributed by atoms with Crippen LogP contribution in [0.2, 0.25) is 0 Å². The van der Waals surface area contributed by atoms with Crippen molar-refractivity contribution in [3.8, 4) is 0 Å².